The minimum atomic E-state index is -1.03. The summed E-state index contributed by atoms with van der Waals surface area (Å²) >= 11 is 0. The average Bonchev–Trinajstić information content (AvgIpc) is 1.65. The van der Waals surface area contributed by atoms with Gasteiger partial charge in [0.15, 0.2) is 0 Å². The lowest BCUT2D eigenvalue weighted by Crippen LogP contribution is -2.44. The molecule has 0 aliphatic carbocycles. The molecule has 1 unspecified atom stereocenters. The molecular formula is C6H13NO2. The standard InChI is InChI=1S/C6H13NO2/c1-3-4-6(2,7)5(8)9/h3-4,7H2,1-2H3,(H,8,9)/i5+2. The Hall–Kier alpha value is -0.570. The summed E-state index contributed by atoms with van der Waals surface area (Å²) < 4.78 is 0. The molecule has 0 fully saturated rings. The van der Waals surface area contributed by atoms with E-state index in [0.29, 0.717) is 6.42 Å². The number of hydrogen-bond acceptors (Lipinski definition) is 2. The maximum Gasteiger partial charge on any atom is 0.323 e. The van der Waals surface area contributed by atoms with Crippen molar-refractivity contribution >= 4 is 5.97 Å². The van der Waals surface area contributed by atoms with E-state index >= 15 is 0 Å². The van der Waals surface area contributed by atoms with E-state index in [2.05, 4.69) is 0 Å². The smallest absolute Gasteiger partial charge is 0.323 e. The van der Waals surface area contributed by atoms with Crippen LogP contribution >= 0.6 is 0 Å². The highest BCUT2D eigenvalue weighted by molar-refractivity contribution is 5.77. The van der Waals surface area contributed by atoms with Gasteiger partial charge in [0.25, 0.3) is 0 Å². The van der Waals surface area contributed by atoms with E-state index in [-0.39, 0.29) is 0 Å². The minimum absolute atomic E-state index is 0.530. The fourth-order valence-electron chi connectivity index (χ4n) is 0.626. The lowest BCUT2D eigenvalue weighted by atomic mass is 10.1. The van der Waals surface area contributed by atoms with Crippen LogP contribution in [0.1, 0.15) is 26.7 Å². The third kappa shape index (κ3) is 2.46. The van der Waals surface area contributed by atoms with Crippen LogP contribution in [0.5, 0.6) is 0 Å². The quantitative estimate of drug-likeness (QED) is 0.592. The molecule has 3 nitrogen and oxygen atoms in total. The normalized spacial score (nSPS) is 16.8. The summed E-state index contributed by atoms with van der Waals surface area (Å²) in [6, 6.07) is 0. The number of aliphatic carboxylic acids is 1. The van der Waals surface area contributed by atoms with Gasteiger partial charge in [-0.15, -0.1) is 0 Å². The topological polar surface area (TPSA) is 63.3 Å². The first-order valence-corrected chi connectivity index (χ1v) is 3.03. The lowest BCUT2D eigenvalue weighted by molar-refractivity contribution is -0.142. The van der Waals surface area contributed by atoms with Crippen molar-refractivity contribution in [1.29, 1.82) is 0 Å². The Labute approximate surface area is 54.9 Å². The van der Waals surface area contributed by atoms with Gasteiger partial charge in [-0.3, -0.25) is 4.79 Å². The number of hydrogen-bond donors (Lipinski definition) is 2. The second-order valence-electron chi connectivity index (χ2n) is 2.47. The molecule has 0 spiro atoms. The molecule has 0 rings (SSSR count). The van der Waals surface area contributed by atoms with Crippen LogP contribution in [0, 0.1) is 0 Å². The molecule has 0 bridgehead atoms. The Balaban J connectivity index is 3.85. The van der Waals surface area contributed by atoms with E-state index in [0.717, 1.165) is 6.42 Å². The van der Waals surface area contributed by atoms with E-state index in [1.807, 2.05) is 6.92 Å². The molecule has 3 N–H and O–H groups in total. The average molecular weight is 133 g/mol. The molecular weight excluding hydrogens is 120 g/mol. The second-order valence-corrected chi connectivity index (χ2v) is 2.47. The fraction of sp³-hybridized carbons (Fsp3) is 0.833. The van der Waals surface area contributed by atoms with Crippen LogP contribution in [0.4, 0.5) is 0 Å². The van der Waals surface area contributed by atoms with Crippen molar-refractivity contribution in [2.45, 2.75) is 32.2 Å². The highest BCUT2D eigenvalue weighted by atomic mass is 16.6. The molecule has 0 radical (unpaired) electrons. The van der Waals surface area contributed by atoms with Crippen LogP contribution in [0.3, 0.4) is 0 Å². The maximum atomic E-state index is 10.3. The van der Waals surface area contributed by atoms with Gasteiger partial charge in [-0.25, -0.2) is 0 Å². The first kappa shape index (κ1) is 8.43. The zero-order valence-electron chi connectivity index (χ0n) is 5.85. The van der Waals surface area contributed by atoms with Crippen molar-refractivity contribution < 1.29 is 9.90 Å². The first-order chi connectivity index (χ1) is 4.00. The van der Waals surface area contributed by atoms with Crippen molar-refractivity contribution in [1.82, 2.24) is 0 Å². The lowest BCUT2D eigenvalue weighted by Gasteiger charge is -2.16. The van der Waals surface area contributed by atoms with Crippen molar-refractivity contribution in [3.8, 4) is 0 Å². The van der Waals surface area contributed by atoms with Crippen molar-refractivity contribution in [2.24, 2.45) is 5.73 Å². The number of carbonyl (C=O) groups is 1. The zero-order chi connectivity index (χ0) is 7.49. The molecule has 0 aliphatic rings. The Morgan fingerprint density at radius 1 is 1.78 bits per heavy atom. The highest BCUT2D eigenvalue weighted by Crippen LogP contribution is 2.07. The predicted octanol–water partition coefficient (Wildman–Crippen LogP) is 0.588. The third-order valence-electron chi connectivity index (χ3n) is 1.26. The van der Waals surface area contributed by atoms with E-state index in [1.165, 1.54) is 6.92 Å². The highest BCUT2D eigenvalue weighted by Gasteiger charge is 2.25. The molecule has 0 aromatic heterocycles. The number of rotatable bonds is 3. The van der Waals surface area contributed by atoms with Gasteiger partial charge >= 0.3 is 5.97 Å². The SMILES string of the molecule is CCCC(C)(N)[14C](=O)O. The van der Waals surface area contributed by atoms with Crippen LogP contribution < -0.4 is 5.73 Å². The molecule has 0 saturated heterocycles. The molecule has 54 valence electrons. The summed E-state index contributed by atoms with van der Waals surface area (Å²) in [5.41, 5.74) is 4.34. The van der Waals surface area contributed by atoms with E-state index in [4.69, 9.17) is 10.8 Å². The van der Waals surface area contributed by atoms with Crippen molar-refractivity contribution in [3.05, 3.63) is 0 Å². The molecule has 0 saturated carbocycles. The van der Waals surface area contributed by atoms with Crippen LogP contribution in [-0.4, -0.2) is 16.6 Å². The van der Waals surface area contributed by atoms with Gasteiger partial charge < -0.3 is 10.8 Å². The van der Waals surface area contributed by atoms with Crippen LogP contribution in [0.2, 0.25) is 0 Å². The zero-order valence-corrected chi connectivity index (χ0v) is 5.85. The molecule has 0 aromatic rings. The van der Waals surface area contributed by atoms with Gasteiger partial charge in [0.2, 0.25) is 0 Å². The molecule has 3 heteroatoms. The van der Waals surface area contributed by atoms with Gasteiger partial charge in [0.05, 0.1) is 0 Å². The Morgan fingerprint density at radius 3 is 2.33 bits per heavy atom. The summed E-state index contributed by atoms with van der Waals surface area (Å²) in [5, 5.41) is 8.45. The van der Waals surface area contributed by atoms with E-state index in [1.54, 1.807) is 0 Å². The fourth-order valence-corrected chi connectivity index (χ4v) is 0.626. The van der Waals surface area contributed by atoms with Gasteiger partial charge in [0.1, 0.15) is 5.54 Å². The Bertz CT molecular complexity index is 110. The van der Waals surface area contributed by atoms with Gasteiger partial charge in [-0.1, -0.05) is 13.3 Å². The van der Waals surface area contributed by atoms with Crippen molar-refractivity contribution in [2.75, 3.05) is 0 Å². The third-order valence-corrected chi connectivity index (χ3v) is 1.26. The largest absolute Gasteiger partial charge is 0.480 e. The van der Waals surface area contributed by atoms with Gasteiger partial charge in [-0.2, -0.15) is 0 Å². The summed E-state index contributed by atoms with van der Waals surface area (Å²) in [7, 11) is 0. The molecule has 1 atom stereocenters. The number of carboxylic acids is 1. The number of nitrogens with two attached hydrogens (primary N) is 1. The molecule has 0 heterocycles. The summed E-state index contributed by atoms with van der Waals surface area (Å²) in [6.07, 6.45) is 1.33. The number of carboxylic acid groups (broad SMARTS) is 1. The van der Waals surface area contributed by atoms with Crippen LogP contribution in [-0.2, 0) is 4.79 Å². The van der Waals surface area contributed by atoms with E-state index < -0.39 is 11.5 Å². The molecule has 9 heavy (non-hydrogen) atoms. The minimum Gasteiger partial charge on any atom is -0.480 e. The molecule has 0 aromatic carbocycles. The van der Waals surface area contributed by atoms with Crippen molar-refractivity contribution in [3.63, 3.8) is 0 Å². The van der Waals surface area contributed by atoms with E-state index in [9.17, 15) is 4.79 Å². The van der Waals surface area contributed by atoms with Gasteiger partial charge in [-0.05, 0) is 13.3 Å². The maximum absolute atomic E-state index is 10.3. The first-order valence-electron chi connectivity index (χ1n) is 3.03. The molecule has 0 aliphatic heterocycles. The van der Waals surface area contributed by atoms with Gasteiger partial charge in [0, 0.05) is 0 Å². The summed E-state index contributed by atoms with van der Waals surface area (Å²) in [6.45, 7) is 3.44. The molecule has 0 amide bonds. The van der Waals surface area contributed by atoms with Crippen LogP contribution in [0.25, 0.3) is 0 Å². The van der Waals surface area contributed by atoms with Crippen LogP contribution in [0.15, 0.2) is 0 Å². The Kier molecular flexibility index (Phi) is 2.65. The second kappa shape index (κ2) is 2.82. The summed E-state index contributed by atoms with van der Waals surface area (Å²) in [5.74, 6) is -0.927. The monoisotopic (exact) mass is 133 g/mol. The Morgan fingerprint density at radius 2 is 2.22 bits per heavy atom. The predicted molar refractivity (Wildman–Crippen MR) is 35.1 cm³/mol. The summed E-state index contributed by atoms with van der Waals surface area (Å²) in [4.78, 5) is 10.3.